The first kappa shape index (κ1) is 14.4. The predicted octanol–water partition coefficient (Wildman–Crippen LogP) is 1.98. The molecule has 0 spiro atoms. The second kappa shape index (κ2) is 6.48. The van der Waals surface area contributed by atoms with Gasteiger partial charge in [-0.05, 0) is 38.3 Å². The molecule has 4 heteroatoms. The second-order valence-electron chi connectivity index (χ2n) is 6.37. The molecular formula is C17H26N4. The van der Waals surface area contributed by atoms with Gasteiger partial charge in [0.2, 0.25) is 0 Å². The summed E-state index contributed by atoms with van der Waals surface area (Å²) in [6.45, 7) is 7.55. The van der Waals surface area contributed by atoms with Crippen LogP contribution in [0, 0.1) is 0 Å². The Labute approximate surface area is 127 Å². The van der Waals surface area contributed by atoms with Crippen molar-refractivity contribution in [3.8, 4) is 0 Å². The SMILES string of the molecule is CC1(CNC2=NCCCN2)CCCN1Cc1ccccc1. The number of aliphatic imine (C=N–C) groups is 1. The third kappa shape index (κ3) is 3.56. The Morgan fingerprint density at radius 3 is 2.90 bits per heavy atom. The van der Waals surface area contributed by atoms with Gasteiger partial charge in [0.1, 0.15) is 0 Å². The zero-order valence-corrected chi connectivity index (χ0v) is 12.9. The molecule has 1 aromatic rings. The lowest BCUT2D eigenvalue weighted by atomic mass is 9.98. The van der Waals surface area contributed by atoms with Crippen molar-refractivity contribution in [3.63, 3.8) is 0 Å². The Morgan fingerprint density at radius 2 is 2.14 bits per heavy atom. The van der Waals surface area contributed by atoms with E-state index >= 15 is 0 Å². The second-order valence-corrected chi connectivity index (χ2v) is 6.37. The number of likely N-dealkylation sites (tertiary alicyclic amines) is 1. The summed E-state index contributed by atoms with van der Waals surface area (Å²) in [5.41, 5.74) is 1.62. The van der Waals surface area contributed by atoms with Crippen molar-refractivity contribution in [1.29, 1.82) is 0 Å². The molecule has 0 amide bonds. The van der Waals surface area contributed by atoms with Gasteiger partial charge in [0.25, 0.3) is 0 Å². The highest BCUT2D eigenvalue weighted by Gasteiger charge is 2.36. The molecule has 0 bridgehead atoms. The van der Waals surface area contributed by atoms with E-state index in [2.05, 4.69) is 57.8 Å². The molecule has 4 nitrogen and oxygen atoms in total. The van der Waals surface area contributed by atoms with Crippen LogP contribution in [0.5, 0.6) is 0 Å². The normalized spacial score (nSPS) is 26.2. The summed E-state index contributed by atoms with van der Waals surface area (Å²) >= 11 is 0. The molecule has 2 N–H and O–H groups in total. The Kier molecular flexibility index (Phi) is 4.44. The van der Waals surface area contributed by atoms with E-state index in [0.29, 0.717) is 0 Å². The molecule has 0 aromatic heterocycles. The Balaban J connectivity index is 1.60. The van der Waals surface area contributed by atoms with Gasteiger partial charge in [0.05, 0.1) is 0 Å². The van der Waals surface area contributed by atoms with Crippen molar-refractivity contribution in [2.75, 3.05) is 26.2 Å². The fourth-order valence-corrected chi connectivity index (χ4v) is 3.28. The van der Waals surface area contributed by atoms with Crippen LogP contribution in [0.3, 0.4) is 0 Å². The van der Waals surface area contributed by atoms with Crippen LogP contribution >= 0.6 is 0 Å². The zero-order valence-electron chi connectivity index (χ0n) is 12.9. The van der Waals surface area contributed by atoms with Crippen LogP contribution in [-0.2, 0) is 6.54 Å². The Hall–Kier alpha value is -1.55. The highest BCUT2D eigenvalue weighted by atomic mass is 15.3. The van der Waals surface area contributed by atoms with Crippen LogP contribution in [0.1, 0.15) is 31.7 Å². The van der Waals surface area contributed by atoms with Crippen molar-refractivity contribution in [2.45, 2.75) is 38.3 Å². The molecule has 0 radical (unpaired) electrons. The van der Waals surface area contributed by atoms with E-state index in [1.54, 1.807) is 0 Å². The maximum atomic E-state index is 4.51. The minimum Gasteiger partial charge on any atom is -0.356 e. The fraction of sp³-hybridized carbons (Fsp3) is 0.588. The molecule has 0 aliphatic carbocycles. The monoisotopic (exact) mass is 286 g/mol. The summed E-state index contributed by atoms with van der Waals surface area (Å²) < 4.78 is 0. The van der Waals surface area contributed by atoms with Gasteiger partial charge in [-0.15, -0.1) is 0 Å². The standard InChI is InChI=1S/C17H26N4/c1-17(14-20-16-18-10-6-11-19-16)9-5-12-21(17)13-15-7-3-2-4-8-15/h2-4,7-8H,5-6,9-14H2,1H3,(H2,18,19,20). The molecule has 2 aliphatic heterocycles. The lowest BCUT2D eigenvalue weighted by Gasteiger charge is -2.36. The van der Waals surface area contributed by atoms with Gasteiger partial charge < -0.3 is 10.6 Å². The number of hydrogen-bond acceptors (Lipinski definition) is 4. The van der Waals surface area contributed by atoms with E-state index in [9.17, 15) is 0 Å². The minimum atomic E-state index is 0.220. The molecule has 0 saturated carbocycles. The summed E-state index contributed by atoms with van der Waals surface area (Å²) in [6.07, 6.45) is 3.67. The predicted molar refractivity (Wildman–Crippen MR) is 87.4 cm³/mol. The van der Waals surface area contributed by atoms with Gasteiger partial charge in [-0.3, -0.25) is 9.89 Å². The zero-order chi connectivity index (χ0) is 14.5. The van der Waals surface area contributed by atoms with E-state index in [1.807, 2.05) is 0 Å². The number of guanidine groups is 1. The van der Waals surface area contributed by atoms with Crippen LogP contribution in [-0.4, -0.2) is 42.6 Å². The van der Waals surface area contributed by atoms with Crippen molar-refractivity contribution < 1.29 is 0 Å². The van der Waals surface area contributed by atoms with Crippen LogP contribution < -0.4 is 10.6 Å². The lowest BCUT2D eigenvalue weighted by Crippen LogP contribution is -2.52. The van der Waals surface area contributed by atoms with E-state index in [1.165, 1.54) is 24.9 Å². The van der Waals surface area contributed by atoms with Crippen LogP contribution in [0.15, 0.2) is 35.3 Å². The van der Waals surface area contributed by atoms with E-state index in [0.717, 1.165) is 38.6 Å². The number of hydrogen-bond donors (Lipinski definition) is 2. The summed E-state index contributed by atoms with van der Waals surface area (Å²) in [4.78, 5) is 7.12. The quantitative estimate of drug-likeness (QED) is 0.889. The fourth-order valence-electron chi connectivity index (χ4n) is 3.28. The van der Waals surface area contributed by atoms with Crippen LogP contribution in [0.25, 0.3) is 0 Å². The molecule has 1 fully saturated rings. The van der Waals surface area contributed by atoms with Crippen molar-refractivity contribution >= 4 is 5.96 Å². The topological polar surface area (TPSA) is 39.7 Å². The minimum absolute atomic E-state index is 0.220. The van der Waals surface area contributed by atoms with Gasteiger partial charge in [0.15, 0.2) is 5.96 Å². The summed E-state index contributed by atoms with van der Waals surface area (Å²) in [7, 11) is 0. The average Bonchev–Trinajstić information content (AvgIpc) is 2.89. The van der Waals surface area contributed by atoms with E-state index in [-0.39, 0.29) is 5.54 Å². The van der Waals surface area contributed by atoms with Crippen molar-refractivity contribution in [1.82, 2.24) is 15.5 Å². The number of nitrogens with one attached hydrogen (secondary N) is 2. The third-order valence-corrected chi connectivity index (χ3v) is 4.66. The first-order valence-electron chi connectivity index (χ1n) is 8.07. The summed E-state index contributed by atoms with van der Waals surface area (Å²) in [5, 5.41) is 6.86. The largest absolute Gasteiger partial charge is 0.356 e. The van der Waals surface area contributed by atoms with Crippen LogP contribution in [0.4, 0.5) is 0 Å². The smallest absolute Gasteiger partial charge is 0.191 e. The van der Waals surface area contributed by atoms with Gasteiger partial charge in [0, 0.05) is 31.7 Å². The van der Waals surface area contributed by atoms with Crippen molar-refractivity contribution in [2.24, 2.45) is 4.99 Å². The highest BCUT2D eigenvalue weighted by Crippen LogP contribution is 2.29. The highest BCUT2D eigenvalue weighted by molar-refractivity contribution is 5.80. The summed E-state index contributed by atoms with van der Waals surface area (Å²) in [6, 6.07) is 10.8. The Bertz CT molecular complexity index is 485. The lowest BCUT2D eigenvalue weighted by molar-refractivity contribution is 0.149. The van der Waals surface area contributed by atoms with Crippen molar-refractivity contribution in [3.05, 3.63) is 35.9 Å². The molecule has 3 rings (SSSR count). The maximum Gasteiger partial charge on any atom is 0.191 e. The van der Waals surface area contributed by atoms with Gasteiger partial charge in [-0.25, -0.2) is 0 Å². The first-order chi connectivity index (χ1) is 10.3. The molecule has 2 heterocycles. The number of rotatable bonds is 4. The number of nitrogens with zero attached hydrogens (tertiary/aromatic N) is 2. The molecule has 21 heavy (non-hydrogen) atoms. The molecule has 114 valence electrons. The molecule has 2 aliphatic rings. The third-order valence-electron chi connectivity index (χ3n) is 4.66. The average molecular weight is 286 g/mol. The van der Waals surface area contributed by atoms with E-state index in [4.69, 9.17) is 0 Å². The Morgan fingerprint density at radius 1 is 1.29 bits per heavy atom. The maximum absolute atomic E-state index is 4.51. The van der Waals surface area contributed by atoms with Gasteiger partial charge in [-0.1, -0.05) is 30.3 Å². The van der Waals surface area contributed by atoms with E-state index < -0.39 is 0 Å². The number of benzene rings is 1. The van der Waals surface area contributed by atoms with Gasteiger partial charge >= 0.3 is 0 Å². The molecule has 1 saturated heterocycles. The first-order valence-corrected chi connectivity index (χ1v) is 8.07. The summed E-state index contributed by atoms with van der Waals surface area (Å²) in [5.74, 6) is 0.981. The van der Waals surface area contributed by atoms with Crippen LogP contribution in [0.2, 0.25) is 0 Å². The molecule has 1 aromatic carbocycles. The van der Waals surface area contributed by atoms with Gasteiger partial charge in [-0.2, -0.15) is 0 Å². The molecule has 1 unspecified atom stereocenters. The molecular weight excluding hydrogens is 260 g/mol. The molecule has 1 atom stereocenters.